The van der Waals surface area contributed by atoms with Crippen LogP contribution in [0.25, 0.3) is 0 Å². The van der Waals surface area contributed by atoms with Gasteiger partial charge in [0.25, 0.3) is 0 Å². The summed E-state index contributed by atoms with van der Waals surface area (Å²) >= 11 is 1.47. The highest BCUT2D eigenvalue weighted by molar-refractivity contribution is 7.09. The van der Waals surface area contributed by atoms with Crippen LogP contribution in [0.2, 0.25) is 0 Å². The molecule has 2 rings (SSSR count). The predicted octanol–water partition coefficient (Wildman–Crippen LogP) is 1.51. The minimum Gasteiger partial charge on any atom is -0.481 e. The average molecular weight is 268 g/mol. The molecule has 3 atom stereocenters. The Labute approximate surface area is 109 Å². The highest BCUT2D eigenvalue weighted by Gasteiger charge is 2.41. The number of carboxylic acids is 1. The van der Waals surface area contributed by atoms with E-state index in [2.05, 4.69) is 10.3 Å². The molecule has 0 spiro atoms. The van der Waals surface area contributed by atoms with Crippen molar-refractivity contribution in [1.29, 1.82) is 0 Å². The first kappa shape index (κ1) is 13.0. The van der Waals surface area contributed by atoms with E-state index in [0.29, 0.717) is 25.3 Å². The molecule has 0 aliphatic heterocycles. The van der Waals surface area contributed by atoms with Crippen molar-refractivity contribution in [1.82, 2.24) is 10.3 Å². The van der Waals surface area contributed by atoms with Gasteiger partial charge in [0, 0.05) is 11.6 Å². The summed E-state index contributed by atoms with van der Waals surface area (Å²) in [6.45, 7) is 2.37. The Morgan fingerprint density at radius 2 is 2.22 bits per heavy atom. The SMILES string of the molecule is CC1CC(C(=O)O)C(C(=O)NCc2nccs2)C1. The zero-order valence-corrected chi connectivity index (χ0v) is 10.9. The summed E-state index contributed by atoms with van der Waals surface area (Å²) in [6.07, 6.45) is 2.93. The summed E-state index contributed by atoms with van der Waals surface area (Å²) in [4.78, 5) is 27.2. The predicted molar refractivity (Wildman–Crippen MR) is 67.0 cm³/mol. The molecule has 1 aliphatic rings. The fourth-order valence-corrected chi connectivity index (χ4v) is 3.04. The van der Waals surface area contributed by atoms with Crippen LogP contribution in [0.15, 0.2) is 11.6 Å². The Morgan fingerprint density at radius 3 is 2.83 bits per heavy atom. The molecule has 0 saturated heterocycles. The molecule has 0 aromatic carbocycles. The van der Waals surface area contributed by atoms with Gasteiger partial charge in [-0.05, 0) is 18.8 Å². The Kier molecular flexibility index (Phi) is 3.96. The molecule has 3 unspecified atom stereocenters. The maximum Gasteiger partial charge on any atom is 0.307 e. The fourth-order valence-electron chi connectivity index (χ4n) is 2.49. The number of nitrogens with zero attached hydrogens (tertiary/aromatic N) is 1. The fraction of sp³-hybridized carbons (Fsp3) is 0.583. The minimum absolute atomic E-state index is 0.165. The Morgan fingerprint density at radius 1 is 1.50 bits per heavy atom. The molecule has 2 N–H and O–H groups in total. The van der Waals surface area contributed by atoms with Crippen molar-refractivity contribution in [3.05, 3.63) is 16.6 Å². The monoisotopic (exact) mass is 268 g/mol. The van der Waals surface area contributed by atoms with Crippen molar-refractivity contribution < 1.29 is 14.7 Å². The summed E-state index contributed by atoms with van der Waals surface area (Å²) in [7, 11) is 0. The van der Waals surface area contributed by atoms with Gasteiger partial charge < -0.3 is 10.4 Å². The molecular formula is C12H16N2O3S. The smallest absolute Gasteiger partial charge is 0.307 e. The normalized spacial score (nSPS) is 27.1. The number of rotatable bonds is 4. The minimum atomic E-state index is -0.867. The highest BCUT2D eigenvalue weighted by Crippen LogP contribution is 2.36. The summed E-state index contributed by atoms with van der Waals surface area (Å²) in [5.41, 5.74) is 0. The Bertz CT molecular complexity index is 433. The van der Waals surface area contributed by atoms with Gasteiger partial charge >= 0.3 is 5.97 Å². The van der Waals surface area contributed by atoms with Crippen molar-refractivity contribution in [2.75, 3.05) is 0 Å². The second kappa shape index (κ2) is 5.48. The summed E-state index contributed by atoms with van der Waals surface area (Å²) in [5, 5.41) is 14.6. The van der Waals surface area contributed by atoms with Crippen LogP contribution in [0, 0.1) is 17.8 Å². The van der Waals surface area contributed by atoms with Crippen molar-refractivity contribution in [2.45, 2.75) is 26.3 Å². The van der Waals surface area contributed by atoms with Crippen molar-refractivity contribution in [3.63, 3.8) is 0 Å². The van der Waals surface area contributed by atoms with Gasteiger partial charge in [-0.25, -0.2) is 4.98 Å². The lowest BCUT2D eigenvalue weighted by Crippen LogP contribution is -2.34. The van der Waals surface area contributed by atoms with Crippen molar-refractivity contribution in [3.8, 4) is 0 Å². The number of carbonyl (C=O) groups excluding carboxylic acids is 1. The second-order valence-corrected chi connectivity index (χ2v) is 5.75. The lowest BCUT2D eigenvalue weighted by molar-refractivity contribution is -0.146. The lowest BCUT2D eigenvalue weighted by Gasteiger charge is -2.14. The summed E-state index contributed by atoms with van der Waals surface area (Å²) in [5.74, 6) is -1.69. The zero-order valence-electron chi connectivity index (χ0n) is 10.1. The van der Waals surface area contributed by atoms with E-state index in [4.69, 9.17) is 5.11 Å². The largest absolute Gasteiger partial charge is 0.481 e. The molecule has 1 aromatic heterocycles. The number of nitrogens with one attached hydrogen (secondary N) is 1. The molecule has 1 amide bonds. The van der Waals surface area contributed by atoms with E-state index in [9.17, 15) is 9.59 Å². The number of amides is 1. The third-order valence-electron chi connectivity index (χ3n) is 3.35. The van der Waals surface area contributed by atoms with Crippen molar-refractivity contribution >= 4 is 23.2 Å². The first-order valence-corrected chi connectivity index (χ1v) is 6.84. The van der Waals surface area contributed by atoms with Gasteiger partial charge in [0.15, 0.2) is 0 Å². The number of aliphatic carboxylic acids is 1. The zero-order chi connectivity index (χ0) is 13.1. The second-order valence-electron chi connectivity index (χ2n) is 4.77. The Balaban J connectivity index is 1.93. The molecule has 18 heavy (non-hydrogen) atoms. The molecule has 98 valence electrons. The molecule has 1 aromatic rings. The van der Waals surface area contributed by atoms with Crippen LogP contribution in [0.5, 0.6) is 0 Å². The first-order valence-electron chi connectivity index (χ1n) is 5.96. The number of carbonyl (C=O) groups is 2. The first-order chi connectivity index (χ1) is 8.58. The molecule has 1 heterocycles. The van der Waals surface area contributed by atoms with E-state index in [-0.39, 0.29) is 5.91 Å². The van der Waals surface area contributed by atoms with Gasteiger partial charge in [-0.2, -0.15) is 0 Å². The van der Waals surface area contributed by atoms with Gasteiger partial charge in [-0.15, -0.1) is 11.3 Å². The van der Waals surface area contributed by atoms with Crippen LogP contribution < -0.4 is 5.32 Å². The van der Waals surface area contributed by atoms with E-state index in [0.717, 1.165) is 5.01 Å². The molecule has 0 radical (unpaired) electrons. The highest BCUT2D eigenvalue weighted by atomic mass is 32.1. The van der Waals surface area contributed by atoms with Crippen LogP contribution in [-0.2, 0) is 16.1 Å². The third-order valence-corrected chi connectivity index (χ3v) is 4.13. The third kappa shape index (κ3) is 2.87. The number of hydrogen-bond donors (Lipinski definition) is 2. The maximum absolute atomic E-state index is 12.0. The van der Waals surface area contributed by atoms with Crippen LogP contribution in [0.4, 0.5) is 0 Å². The van der Waals surface area contributed by atoms with Gasteiger partial charge in [-0.1, -0.05) is 6.92 Å². The van der Waals surface area contributed by atoms with E-state index >= 15 is 0 Å². The maximum atomic E-state index is 12.0. The van der Waals surface area contributed by atoms with Crippen LogP contribution in [0.1, 0.15) is 24.8 Å². The van der Waals surface area contributed by atoms with E-state index in [1.165, 1.54) is 11.3 Å². The number of thiazole rings is 1. The standard InChI is InChI=1S/C12H16N2O3S/c1-7-4-8(9(5-7)12(16)17)11(15)14-6-10-13-2-3-18-10/h2-3,7-9H,4-6H2,1H3,(H,14,15)(H,16,17). The van der Waals surface area contributed by atoms with Gasteiger partial charge in [0.05, 0.1) is 18.4 Å². The van der Waals surface area contributed by atoms with Gasteiger partial charge in [-0.3, -0.25) is 9.59 Å². The number of aromatic nitrogens is 1. The molecule has 1 aliphatic carbocycles. The Hall–Kier alpha value is -1.43. The molecule has 6 heteroatoms. The van der Waals surface area contributed by atoms with Gasteiger partial charge in [0.2, 0.25) is 5.91 Å². The van der Waals surface area contributed by atoms with E-state index in [1.807, 2.05) is 12.3 Å². The molecule has 1 saturated carbocycles. The molecule has 1 fully saturated rings. The van der Waals surface area contributed by atoms with E-state index in [1.54, 1.807) is 6.20 Å². The van der Waals surface area contributed by atoms with Crippen LogP contribution in [-0.4, -0.2) is 22.0 Å². The van der Waals surface area contributed by atoms with Crippen LogP contribution >= 0.6 is 11.3 Å². The topological polar surface area (TPSA) is 79.3 Å². The molecular weight excluding hydrogens is 252 g/mol. The average Bonchev–Trinajstić information content (AvgIpc) is 2.94. The van der Waals surface area contributed by atoms with E-state index < -0.39 is 17.8 Å². The number of hydrogen-bond acceptors (Lipinski definition) is 4. The quantitative estimate of drug-likeness (QED) is 0.867. The van der Waals surface area contributed by atoms with Crippen molar-refractivity contribution in [2.24, 2.45) is 17.8 Å². The summed E-state index contributed by atoms with van der Waals surface area (Å²) < 4.78 is 0. The molecule has 5 nitrogen and oxygen atoms in total. The molecule has 0 bridgehead atoms. The number of carboxylic acid groups (broad SMARTS) is 1. The van der Waals surface area contributed by atoms with Crippen LogP contribution in [0.3, 0.4) is 0 Å². The summed E-state index contributed by atoms with van der Waals surface area (Å²) in [6, 6.07) is 0. The lowest BCUT2D eigenvalue weighted by atomic mass is 9.95. The van der Waals surface area contributed by atoms with Gasteiger partial charge in [0.1, 0.15) is 5.01 Å².